The maximum Gasteiger partial charge on any atom is 0.334 e. The first-order valence-electron chi connectivity index (χ1n) is 7.91. The van der Waals surface area contributed by atoms with Crippen LogP contribution in [0.3, 0.4) is 0 Å². The number of esters is 1. The summed E-state index contributed by atoms with van der Waals surface area (Å²) in [6, 6.07) is 13.9. The van der Waals surface area contributed by atoms with Crippen LogP contribution in [0, 0.1) is 5.82 Å². The van der Waals surface area contributed by atoms with Crippen LogP contribution in [0.15, 0.2) is 60.7 Å². The van der Waals surface area contributed by atoms with E-state index in [0.29, 0.717) is 5.57 Å². The number of ether oxygens (including phenoxy) is 1. The highest BCUT2D eigenvalue weighted by molar-refractivity contribution is 5.87. The number of rotatable bonds is 4. The maximum atomic E-state index is 13.2. The van der Waals surface area contributed by atoms with Crippen LogP contribution in [0.5, 0.6) is 0 Å². The number of benzene rings is 2. The number of carbonyl (C=O) groups is 1. The van der Waals surface area contributed by atoms with E-state index in [9.17, 15) is 9.18 Å². The topological polar surface area (TPSA) is 26.3 Å². The second-order valence-electron chi connectivity index (χ2n) is 6.99. The molecule has 1 unspecified atom stereocenters. The highest BCUT2D eigenvalue weighted by Gasteiger charge is 2.21. The molecule has 0 aliphatic heterocycles. The summed E-state index contributed by atoms with van der Waals surface area (Å²) in [6.45, 7) is 11.6. The second-order valence-corrected chi connectivity index (χ2v) is 6.99. The minimum atomic E-state index is -0.594. The summed E-state index contributed by atoms with van der Waals surface area (Å²) in [5.74, 6) is -0.795. The van der Waals surface area contributed by atoms with Gasteiger partial charge in [0.25, 0.3) is 0 Å². The van der Waals surface area contributed by atoms with Gasteiger partial charge in [-0.2, -0.15) is 0 Å². The molecule has 2 rings (SSSR count). The van der Waals surface area contributed by atoms with Gasteiger partial charge in [-0.05, 0) is 41.2 Å². The molecule has 2 aromatic carbocycles. The first-order valence-corrected chi connectivity index (χ1v) is 7.91. The van der Waals surface area contributed by atoms with Gasteiger partial charge in [0.2, 0.25) is 0 Å². The highest BCUT2D eigenvalue weighted by Crippen LogP contribution is 2.30. The lowest BCUT2D eigenvalue weighted by molar-refractivity contribution is -0.142. The van der Waals surface area contributed by atoms with E-state index < -0.39 is 12.1 Å². The first-order chi connectivity index (χ1) is 11.2. The molecule has 126 valence electrons. The van der Waals surface area contributed by atoms with Gasteiger partial charge in [0.05, 0.1) is 0 Å². The molecule has 0 heterocycles. The highest BCUT2D eigenvalue weighted by atomic mass is 19.1. The molecule has 0 fully saturated rings. The molecule has 0 aromatic heterocycles. The maximum absolute atomic E-state index is 13.2. The lowest BCUT2D eigenvalue weighted by Crippen LogP contribution is -2.14. The summed E-state index contributed by atoms with van der Waals surface area (Å²) in [6.07, 6.45) is -0.594. The van der Waals surface area contributed by atoms with Crippen LogP contribution in [0.2, 0.25) is 0 Å². The Morgan fingerprint density at radius 1 is 1.00 bits per heavy atom. The summed E-state index contributed by atoms with van der Waals surface area (Å²) < 4.78 is 18.8. The lowest BCUT2D eigenvalue weighted by Gasteiger charge is -2.22. The molecule has 0 radical (unpaired) electrons. The molecular weight excluding hydrogens is 303 g/mol. The molecule has 0 aliphatic carbocycles. The quantitative estimate of drug-likeness (QED) is 0.560. The molecular formula is C21H23FO2. The Morgan fingerprint density at radius 2 is 1.46 bits per heavy atom. The Kier molecular flexibility index (Phi) is 5.23. The molecule has 1 atom stereocenters. The summed E-state index contributed by atoms with van der Waals surface area (Å²) >= 11 is 0. The SMILES string of the molecule is C=C(C)C(=O)OC(c1ccc(F)cc1)c1ccc(C(C)(C)C)cc1. The molecule has 2 aromatic rings. The van der Waals surface area contributed by atoms with Gasteiger partial charge in [-0.3, -0.25) is 0 Å². The normalized spacial score (nSPS) is 12.5. The molecule has 0 bridgehead atoms. The van der Waals surface area contributed by atoms with Crippen molar-refractivity contribution in [3.63, 3.8) is 0 Å². The van der Waals surface area contributed by atoms with Crippen molar-refractivity contribution in [3.05, 3.63) is 83.2 Å². The minimum Gasteiger partial charge on any atom is -0.449 e. The van der Waals surface area contributed by atoms with Crippen LogP contribution >= 0.6 is 0 Å². The fourth-order valence-electron chi connectivity index (χ4n) is 2.33. The number of hydrogen-bond donors (Lipinski definition) is 0. The van der Waals surface area contributed by atoms with E-state index in [1.807, 2.05) is 24.3 Å². The Bertz CT molecular complexity index is 722. The van der Waals surface area contributed by atoms with Gasteiger partial charge in [0.1, 0.15) is 5.82 Å². The summed E-state index contributed by atoms with van der Waals surface area (Å²) in [7, 11) is 0. The van der Waals surface area contributed by atoms with E-state index in [-0.39, 0.29) is 11.2 Å². The molecule has 0 spiro atoms. The van der Waals surface area contributed by atoms with Gasteiger partial charge in [0.15, 0.2) is 6.10 Å². The lowest BCUT2D eigenvalue weighted by atomic mass is 9.86. The largest absolute Gasteiger partial charge is 0.449 e. The van der Waals surface area contributed by atoms with Gasteiger partial charge in [-0.25, -0.2) is 9.18 Å². The van der Waals surface area contributed by atoms with Crippen molar-refractivity contribution in [1.82, 2.24) is 0 Å². The Balaban J connectivity index is 2.40. The summed E-state index contributed by atoms with van der Waals surface area (Å²) in [5, 5.41) is 0. The van der Waals surface area contributed by atoms with Gasteiger partial charge in [-0.1, -0.05) is 63.7 Å². The average Bonchev–Trinajstić information content (AvgIpc) is 2.52. The third-order valence-electron chi connectivity index (χ3n) is 3.83. The van der Waals surface area contributed by atoms with Gasteiger partial charge in [-0.15, -0.1) is 0 Å². The summed E-state index contributed by atoms with van der Waals surface area (Å²) in [5.41, 5.74) is 3.11. The van der Waals surface area contributed by atoms with Crippen molar-refractivity contribution < 1.29 is 13.9 Å². The zero-order valence-electron chi connectivity index (χ0n) is 14.6. The predicted octanol–water partition coefficient (Wildman–Crippen LogP) is 5.33. The Morgan fingerprint density at radius 3 is 1.88 bits per heavy atom. The fourth-order valence-corrected chi connectivity index (χ4v) is 2.33. The first kappa shape index (κ1) is 17.9. The van der Waals surface area contributed by atoms with Crippen molar-refractivity contribution in [1.29, 1.82) is 0 Å². The van der Waals surface area contributed by atoms with Gasteiger partial charge >= 0.3 is 5.97 Å². The number of halogens is 1. The summed E-state index contributed by atoms with van der Waals surface area (Å²) in [4.78, 5) is 12.0. The van der Waals surface area contributed by atoms with Crippen LogP contribution in [0.4, 0.5) is 4.39 Å². The Labute approximate surface area is 143 Å². The number of hydrogen-bond acceptors (Lipinski definition) is 2. The molecule has 0 saturated carbocycles. The predicted molar refractivity (Wildman–Crippen MR) is 94.3 cm³/mol. The van der Waals surface area contributed by atoms with Crippen LogP contribution in [-0.4, -0.2) is 5.97 Å². The zero-order chi connectivity index (χ0) is 17.9. The Hall–Kier alpha value is -2.42. The van der Waals surface area contributed by atoms with Gasteiger partial charge < -0.3 is 4.74 Å². The second kappa shape index (κ2) is 7.00. The van der Waals surface area contributed by atoms with Crippen molar-refractivity contribution in [2.45, 2.75) is 39.2 Å². The average molecular weight is 326 g/mol. The molecule has 0 aliphatic rings. The monoisotopic (exact) mass is 326 g/mol. The van der Waals surface area contributed by atoms with Crippen LogP contribution < -0.4 is 0 Å². The molecule has 2 nitrogen and oxygen atoms in total. The van der Waals surface area contributed by atoms with Crippen LogP contribution in [0.1, 0.15) is 50.5 Å². The zero-order valence-corrected chi connectivity index (χ0v) is 14.6. The van der Waals surface area contributed by atoms with Crippen molar-refractivity contribution >= 4 is 5.97 Å². The van der Waals surface area contributed by atoms with E-state index in [4.69, 9.17) is 4.74 Å². The molecule has 0 saturated heterocycles. The molecule has 24 heavy (non-hydrogen) atoms. The van der Waals surface area contributed by atoms with E-state index >= 15 is 0 Å². The van der Waals surface area contributed by atoms with E-state index in [1.54, 1.807) is 19.1 Å². The molecule has 0 amide bonds. The van der Waals surface area contributed by atoms with E-state index in [2.05, 4.69) is 27.4 Å². The minimum absolute atomic E-state index is 0.0400. The van der Waals surface area contributed by atoms with Crippen molar-refractivity contribution in [2.24, 2.45) is 0 Å². The molecule has 0 N–H and O–H groups in total. The van der Waals surface area contributed by atoms with Crippen molar-refractivity contribution in [2.75, 3.05) is 0 Å². The third-order valence-corrected chi connectivity index (χ3v) is 3.83. The van der Waals surface area contributed by atoms with Gasteiger partial charge in [0, 0.05) is 5.57 Å². The van der Waals surface area contributed by atoms with E-state index in [0.717, 1.165) is 11.1 Å². The smallest absolute Gasteiger partial charge is 0.334 e. The van der Waals surface area contributed by atoms with Crippen LogP contribution in [0.25, 0.3) is 0 Å². The standard InChI is InChI=1S/C21H23FO2/c1-14(2)20(23)24-19(16-8-12-18(22)13-9-16)15-6-10-17(11-7-15)21(3,4)5/h6-13,19H,1H2,2-5H3. The fraction of sp³-hybridized carbons (Fsp3) is 0.286. The number of carbonyl (C=O) groups excluding carboxylic acids is 1. The third kappa shape index (κ3) is 4.31. The molecule has 3 heteroatoms. The van der Waals surface area contributed by atoms with E-state index in [1.165, 1.54) is 17.7 Å². The van der Waals surface area contributed by atoms with Crippen molar-refractivity contribution in [3.8, 4) is 0 Å². The van der Waals surface area contributed by atoms with Crippen LogP contribution in [-0.2, 0) is 14.9 Å².